The molecule has 0 spiro atoms. The molecule has 2 rings (SSSR count). The van der Waals surface area contributed by atoms with Gasteiger partial charge in [-0.25, -0.2) is 9.37 Å². The lowest BCUT2D eigenvalue weighted by atomic mass is 10.2. The standard InChI is InChI=1S/C12H8BrClFN3O2/c13-7-4-8(14)9(15)5-10(7)20-12-6(11(16)18-19)2-1-3-17-12/h1-5,19H,(H2,16,18). The Morgan fingerprint density at radius 2 is 2.25 bits per heavy atom. The zero-order chi connectivity index (χ0) is 14.7. The average molecular weight is 361 g/mol. The van der Waals surface area contributed by atoms with E-state index in [-0.39, 0.29) is 28.1 Å². The normalized spacial score (nSPS) is 11.4. The lowest BCUT2D eigenvalue weighted by Crippen LogP contribution is -2.14. The van der Waals surface area contributed by atoms with Crippen LogP contribution in [0.15, 0.2) is 40.1 Å². The molecular weight excluding hydrogens is 353 g/mol. The molecular formula is C12H8BrClFN3O2. The number of oxime groups is 1. The quantitative estimate of drug-likeness (QED) is 0.288. The van der Waals surface area contributed by atoms with Crippen LogP contribution in [0.25, 0.3) is 0 Å². The number of hydrogen-bond acceptors (Lipinski definition) is 4. The molecule has 3 N–H and O–H groups in total. The summed E-state index contributed by atoms with van der Waals surface area (Å²) in [5, 5.41) is 11.5. The van der Waals surface area contributed by atoms with Crippen molar-refractivity contribution in [1.82, 2.24) is 4.98 Å². The molecule has 1 heterocycles. The van der Waals surface area contributed by atoms with E-state index in [9.17, 15) is 4.39 Å². The number of rotatable bonds is 3. The highest BCUT2D eigenvalue weighted by atomic mass is 79.9. The molecule has 0 aliphatic heterocycles. The van der Waals surface area contributed by atoms with Gasteiger partial charge in [-0.15, -0.1) is 0 Å². The number of benzene rings is 1. The van der Waals surface area contributed by atoms with E-state index in [2.05, 4.69) is 26.1 Å². The van der Waals surface area contributed by atoms with Crippen LogP contribution in [0.2, 0.25) is 5.02 Å². The van der Waals surface area contributed by atoms with Gasteiger partial charge < -0.3 is 15.7 Å². The van der Waals surface area contributed by atoms with Gasteiger partial charge in [-0.05, 0) is 34.1 Å². The summed E-state index contributed by atoms with van der Waals surface area (Å²) < 4.78 is 19.4. The summed E-state index contributed by atoms with van der Waals surface area (Å²) in [7, 11) is 0. The minimum Gasteiger partial charge on any atom is -0.437 e. The van der Waals surface area contributed by atoms with Crippen molar-refractivity contribution in [2.75, 3.05) is 0 Å². The van der Waals surface area contributed by atoms with Gasteiger partial charge in [-0.2, -0.15) is 0 Å². The summed E-state index contributed by atoms with van der Waals surface area (Å²) in [6, 6.07) is 5.62. The monoisotopic (exact) mass is 359 g/mol. The molecule has 0 saturated carbocycles. The van der Waals surface area contributed by atoms with Gasteiger partial charge in [0.1, 0.15) is 11.6 Å². The third-order valence-corrected chi connectivity index (χ3v) is 3.25. The van der Waals surface area contributed by atoms with Crippen LogP contribution in [0, 0.1) is 5.82 Å². The fraction of sp³-hybridized carbons (Fsp3) is 0. The number of ether oxygens (including phenoxy) is 1. The van der Waals surface area contributed by atoms with Crippen molar-refractivity contribution in [3.05, 3.63) is 51.3 Å². The minimum absolute atomic E-state index is 0.0399. The summed E-state index contributed by atoms with van der Waals surface area (Å²) in [6.07, 6.45) is 1.46. The summed E-state index contributed by atoms with van der Waals surface area (Å²) >= 11 is 8.85. The molecule has 8 heteroatoms. The van der Waals surface area contributed by atoms with E-state index in [1.54, 1.807) is 12.1 Å². The molecule has 0 radical (unpaired) electrons. The zero-order valence-electron chi connectivity index (χ0n) is 9.85. The number of amidine groups is 1. The van der Waals surface area contributed by atoms with Gasteiger partial charge in [0.05, 0.1) is 15.1 Å². The smallest absolute Gasteiger partial charge is 0.230 e. The van der Waals surface area contributed by atoms with E-state index in [0.717, 1.165) is 6.07 Å². The predicted molar refractivity (Wildman–Crippen MR) is 75.9 cm³/mol. The number of pyridine rings is 1. The van der Waals surface area contributed by atoms with E-state index in [4.69, 9.17) is 27.3 Å². The summed E-state index contributed by atoms with van der Waals surface area (Å²) in [5.41, 5.74) is 5.79. The van der Waals surface area contributed by atoms with Crippen molar-refractivity contribution in [2.24, 2.45) is 10.9 Å². The first-order valence-electron chi connectivity index (χ1n) is 5.28. The van der Waals surface area contributed by atoms with E-state index in [0.29, 0.717) is 4.47 Å². The highest BCUT2D eigenvalue weighted by Gasteiger charge is 2.14. The fourth-order valence-electron chi connectivity index (χ4n) is 1.41. The highest BCUT2D eigenvalue weighted by molar-refractivity contribution is 9.10. The molecule has 20 heavy (non-hydrogen) atoms. The molecule has 1 aromatic carbocycles. The maximum Gasteiger partial charge on any atom is 0.230 e. The topological polar surface area (TPSA) is 80.7 Å². The number of aromatic nitrogens is 1. The highest BCUT2D eigenvalue weighted by Crippen LogP contribution is 2.34. The van der Waals surface area contributed by atoms with E-state index < -0.39 is 5.82 Å². The maximum atomic E-state index is 13.4. The Hall–Kier alpha value is -1.86. The minimum atomic E-state index is -0.633. The van der Waals surface area contributed by atoms with Gasteiger partial charge in [0.15, 0.2) is 5.84 Å². The Labute approximate surface area is 127 Å². The van der Waals surface area contributed by atoms with Crippen LogP contribution < -0.4 is 10.5 Å². The molecule has 0 aliphatic rings. The second kappa shape index (κ2) is 6.06. The van der Waals surface area contributed by atoms with Crippen molar-refractivity contribution >= 4 is 33.4 Å². The Balaban J connectivity index is 2.43. The first-order valence-corrected chi connectivity index (χ1v) is 6.45. The number of nitrogens with zero attached hydrogens (tertiary/aromatic N) is 2. The van der Waals surface area contributed by atoms with Crippen LogP contribution >= 0.6 is 27.5 Å². The lowest BCUT2D eigenvalue weighted by molar-refractivity contribution is 0.318. The van der Waals surface area contributed by atoms with Gasteiger partial charge >= 0.3 is 0 Å². The Morgan fingerprint density at radius 1 is 1.50 bits per heavy atom. The summed E-state index contributed by atoms with van der Waals surface area (Å²) in [6.45, 7) is 0. The molecule has 2 aromatic rings. The molecule has 0 atom stereocenters. The largest absolute Gasteiger partial charge is 0.437 e. The molecule has 104 valence electrons. The second-order valence-electron chi connectivity index (χ2n) is 3.64. The Bertz CT molecular complexity index is 682. The predicted octanol–water partition coefficient (Wildman–Crippen LogP) is 3.52. The van der Waals surface area contributed by atoms with Gasteiger partial charge in [0, 0.05) is 12.3 Å². The third-order valence-electron chi connectivity index (χ3n) is 2.34. The van der Waals surface area contributed by atoms with Crippen LogP contribution in [-0.4, -0.2) is 16.0 Å². The molecule has 0 fully saturated rings. The van der Waals surface area contributed by atoms with Crippen LogP contribution in [-0.2, 0) is 0 Å². The lowest BCUT2D eigenvalue weighted by Gasteiger charge is -2.10. The number of nitrogens with two attached hydrogens (primary N) is 1. The van der Waals surface area contributed by atoms with Crippen molar-refractivity contribution < 1.29 is 14.3 Å². The fourth-order valence-corrected chi connectivity index (χ4v) is 2.13. The van der Waals surface area contributed by atoms with Gasteiger partial charge in [0.25, 0.3) is 0 Å². The average Bonchev–Trinajstić information content (AvgIpc) is 2.44. The Kier molecular flexibility index (Phi) is 4.41. The van der Waals surface area contributed by atoms with Crippen LogP contribution in [0.5, 0.6) is 11.6 Å². The second-order valence-corrected chi connectivity index (χ2v) is 4.90. The molecule has 0 bridgehead atoms. The molecule has 1 aromatic heterocycles. The Morgan fingerprint density at radius 3 is 2.95 bits per heavy atom. The van der Waals surface area contributed by atoms with Gasteiger partial charge in [-0.1, -0.05) is 16.8 Å². The van der Waals surface area contributed by atoms with Crippen LogP contribution in [0.4, 0.5) is 4.39 Å². The number of halogens is 3. The van der Waals surface area contributed by atoms with E-state index in [1.165, 1.54) is 12.3 Å². The van der Waals surface area contributed by atoms with E-state index in [1.807, 2.05) is 0 Å². The first-order chi connectivity index (χ1) is 9.52. The van der Waals surface area contributed by atoms with Crippen molar-refractivity contribution in [2.45, 2.75) is 0 Å². The molecule has 0 aliphatic carbocycles. The maximum absolute atomic E-state index is 13.4. The van der Waals surface area contributed by atoms with Crippen LogP contribution in [0.1, 0.15) is 5.56 Å². The third kappa shape index (κ3) is 3.00. The molecule has 0 unspecified atom stereocenters. The number of hydrogen-bond donors (Lipinski definition) is 2. The van der Waals surface area contributed by atoms with Gasteiger partial charge in [0.2, 0.25) is 5.88 Å². The van der Waals surface area contributed by atoms with E-state index >= 15 is 0 Å². The first kappa shape index (κ1) is 14.5. The molecule has 5 nitrogen and oxygen atoms in total. The summed E-state index contributed by atoms with van der Waals surface area (Å²) in [5.74, 6) is -0.562. The van der Waals surface area contributed by atoms with Crippen LogP contribution in [0.3, 0.4) is 0 Å². The SMILES string of the molecule is N/C(=N/O)c1cccnc1Oc1cc(F)c(Cl)cc1Br. The van der Waals surface area contributed by atoms with Crippen molar-refractivity contribution in [3.63, 3.8) is 0 Å². The molecule has 0 saturated heterocycles. The zero-order valence-corrected chi connectivity index (χ0v) is 12.2. The van der Waals surface area contributed by atoms with Crippen molar-refractivity contribution in [1.29, 1.82) is 0 Å². The molecule has 0 amide bonds. The summed E-state index contributed by atoms with van der Waals surface area (Å²) in [4.78, 5) is 3.97. The van der Waals surface area contributed by atoms with Gasteiger partial charge in [-0.3, -0.25) is 0 Å². The van der Waals surface area contributed by atoms with Crippen molar-refractivity contribution in [3.8, 4) is 11.6 Å².